The second kappa shape index (κ2) is 17.9. The molecule has 14 heteroatoms. The summed E-state index contributed by atoms with van der Waals surface area (Å²) < 4.78 is 12.4. The van der Waals surface area contributed by atoms with Crippen LogP contribution in [0.25, 0.3) is 22.4 Å². The Morgan fingerprint density at radius 3 is 1.96 bits per heavy atom. The van der Waals surface area contributed by atoms with E-state index in [1.54, 1.807) is 18.2 Å². The average molecular weight is 786 g/mol. The Labute approximate surface area is 321 Å². The van der Waals surface area contributed by atoms with Crippen molar-refractivity contribution in [2.24, 2.45) is 5.73 Å². The van der Waals surface area contributed by atoms with Crippen LogP contribution in [0.1, 0.15) is 43.0 Å². The number of nitrogens with zero attached hydrogens (tertiary/aromatic N) is 3. The lowest BCUT2D eigenvalue weighted by Gasteiger charge is -2.24. The number of nitrogens with one attached hydrogen (secondary N) is 1. The van der Waals surface area contributed by atoms with Crippen LogP contribution >= 0.6 is 46.4 Å². The van der Waals surface area contributed by atoms with E-state index in [2.05, 4.69) is 9.88 Å². The number of fused-ring (bicyclic) bond motifs is 1. The number of halogens is 4. The predicted octanol–water partition coefficient (Wildman–Crippen LogP) is 8.00. The third-order valence-electron chi connectivity index (χ3n) is 8.26. The number of ether oxygens (including phenoxy) is 2. The summed E-state index contributed by atoms with van der Waals surface area (Å²) in [6, 6.07) is 24.2. The number of hydrogen-bond donors (Lipinski definition) is 2. The lowest BCUT2D eigenvalue weighted by molar-refractivity contribution is -0.141. The minimum absolute atomic E-state index is 0.0660. The number of imidazole rings is 1. The van der Waals surface area contributed by atoms with Gasteiger partial charge in [-0.05, 0) is 77.4 Å². The number of primary amides is 1. The topological polar surface area (TPSA) is 129 Å². The molecule has 1 unspecified atom stereocenters. The fraction of sp³-hybridized carbons (Fsp3) is 0.263. The first-order valence-electron chi connectivity index (χ1n) is 16.4. The molecule has 5 aromatic rings. The molecule has 1 amide bonds. The highest BCUT2D eigenvalue weighted by atomic mass is 35.5. The number of benzene rings is 4. The van der Waals surface area contributed by atoms with E-state index in [1.165, 1.54) is 13.8 Å². The van der Waals surface area contributed by atoms with Crippen LogP contribution < -0.4 is 16.0 Å². The molecule has 3 N–H and O–H groups in total. The molecule has 0 aliphatic rings. The van der Waals surface area contributed by atoms with E-state index in [9.17, 15) is 14.4 Å². The van der Waals surface area contributed by atoms with Crippen LogP contribution in [0.4, 0.5) is 5.69 Å². The van der Waals surface area contributed by atoms with Crippen molar-refractivity contribution < 1.29 is 23.9 Å². The highest BCUT2D eigenvalue weighted by Crippen LogP contribution is 2.32. The molecule has 1 aromatic heterocycles. The first-order chi connectivity index (χ1) is 24.9. The van der Waals surface area contributed by atoms with E-state index in [4.69, 9.17) is 66.6 Å². The number of rotatable bonds is 16. The highest BCUT2D eigenvalue weighted by molar-refractivity contribution is 6.42. The fourth-order valence-corrected chi connectivity index (χ4v) is 6.40. The zero-order valence-corrected chi connectivity index (χ0v) is 31.5. The molecule has 1 atom stereocenters. The maximum atomic E-state index is 12.2. The monoisotopic (exact) mass is 783 g/mol. The van der Waals surface area contributed by atoms with Gasteiger partial charge in [0.1, 0.15) is 19.0 Å². The Kier molecular flexibility index (Phi) is 13.4. The quantitative estimate of drug-likeness (QED) is 0.0964. The number of carbonyl (C=O) groups is 3. The maximum absolute atomic E-state index is 12.2. The third kappa shape index (κ3) is 10.4. The normalized spacial score (nSPS) is 11.7. The lowest BCUT2D eigenvalue weighted by Crippen LogP contribution is -2.31. The Morgan fingerprint density at radius 1 is 0.788 bits per heavy atom. The second-order valence-corrected chi connectivity index (χ2v) is 13.7. The summed E-state index contributed by atoms with van der Waals surface area (Å²) in [6.45, 7) is 4.76. The van der Waals surface area contributed by atoms with E-state index < -0.39 is 11.9 Å². The number of hydrogen-bond acceptors (Lipinski definition) is 8. The van der Waals surface area contributed by atoms with Gasteiger partial charge in [-0.1, -0.05) is 64.6 Å². The van der Waals surface area contributed by atoms with Crippen LogP contribution in [-0.4, -0.2) is 53.7 Å². The van der Waals surface area contributed by atoms with Gasteiger partial charge in [-0.3, -0.25) is 14.4 Å². The molecule has 0 aliphatic carbocycles. The van der Waals surface area contributed by atoms with Crippen molar-refractivity contribution in [3.8, 4) is 11.4 Å². The second-order valence-electron chi connectivity index (χ2n) is 12.1. The Hall–Kier alpha value is -4.32. The van der Waals surface area contributed by atoms with Crippen LogP contribution in [0, 0.1) is 0 Å². The van der Waals surface area contributed by atoms with Gasteiger partial charge in [0.2, 0.25) is 5.91 Å². The molecule has 10 nitrogen and oxygen atoms in total. The number of carbonyl (C=O) groups excluding carboxylic acids is 3. The maximum Gasteiger partial charge on any atom is 0.302 e. The summed E-state index contributed by atoms with van der Waals surface area (Å²) in [7, 11) is 0. The van der Waals surface area contributed by atoms with Crippen LogP contribution in [-0.2, 0) is 36.9 Å². The Bertz CT molecular complexity index is 2050. The summed E-state index contributed by atoms with van der Waals surface area (Å²) in [5.74, 6) is -0.496. The Balaban J connectivity index is 1.50. The van der Waals surface area contributed by atoms with Crippen molar-refractivity contribution in [3.63, 3.8) is 0 Å². The highest BCUT2D eigenvalue weighted by Gasteiger charge is 2.20. The van der Waals surface area contributed by atoms with Crippen molar-refractivity contribution >= 4 is 81.0 Å². The third-order valence-corrected chi connectivity index (χ3v) is 9.74. The number of esters is 2. The van der Waals surface area contributed by atoms with Crippen molar-refractivity contribution in [2.45, 2.75) is 39.4 Å². The van der Waals surface area contributed by atoms with Gasteiger partial charge in [0.05, 0.1) is 44.2 Å². The molecule has 0 aliphatic heterocycles. The van der Waals surface area contributed by atoms with Crippen LogP contribution in [0.3, 0.4) is 0 Å². The van der Waals surface area contributed by atoms with E-state index in [-0.39, 0.29) is 31.6 Å². The molecule has 5 rings (SSSR count). The molecule has 0 saturated heterocycles. The molecule has 1 heterocycles. The molecule has 0 radical (unpaired) electrons. The van der Waals surface area contributed by atoms with Gasteiger partial charge >= 0.3 is 11.9 Å². The summed E-state index contributed by atoms with van der Waals surface area (Å²) in [6.07, 6.45) is 0.0660. The van der Waals surface area contributed by atoms with E-state index in [1.807, 2.05) is 65.6 Å². The van der Waals surface area contributed by atoms with Crippen molar-refractivity contribution in [1.29, 1.82) is 0 Å². The van der Waals surface area contributed by atoms with Gasteiger partial charge in [-0.2, -0.15) is 0 Å². The summed E-state index contributed by atoms with van der Waals surface area (Å²) in [5, 5.41) is 5.24. The molecule has 52 heavy (non-hydrogen) atoms. The van der Waals surface area contributed by atoms with E-state index in [0.29, 0.717) is 57.6 Å². The lowest BCUT2D eigenvalue weighted by atomic mass is 10.0. The standard InChI is InChI=1S/C38H37Cl4N5O5/c1-23(48)51-15-13-46(14-16-52-24(2)49)29-8-5-27(6-9-29)38-45-35-19-28(7-12-36(35)47(38)22-26-4-11-31(40)33(42)18-26)34(20-37(43)50)44-21-25-3-10-30(39)32(41)17-25/h3-12,17-19,34,44H,13-16,20-22H2,1-2H3,(H2,43,50). The molecule has 0 spiro atoms. The van der Waals surface area contributed by atoms with Crippen molar-refractivity contribution in [3.05, 3.63) is 116 Å². The summed E-state index contributed by atoms with van der Waals surface area (Å²) >= 11 is 24.9. The molecule has 272 valence electrons. The zero-order valence-electron chi connectivity index (χ0n) is 28.5. The minimum atomic E-state index is -0.451. The average Bonchev–Trinajstić information content (AvgIpc) is 3.46. The SMILES string of the molecule is CC(=O)OCCN(CCOC(C)=O)c1ccc(-c2nc3cc(C(CC(N)=O)NCc4ccc(Cl)c(Cl)c4)ccc3n2Cc2ccc(Cl)c(Cl)c2)cc1. The predicted molar refractivity (Wildman–Crippen MR) is 206 cm³/mol. The number of anilines is 1. The van der Waals surface area contributed by atoms with Gasteiger partial charge in [-0.15, -0.1) is 0 Å². The van der Waals surface area contributed by atoms with Crippen molar-refractivity contribution in [1.82, 2.24) is 14.9 Å². The fourth-order valence-electron chi connectivity index (χ4n) is 5.75. The smallest absolute Gasteiger partial charge is 0.302 e. The first-order valence-corrected chi connectivity index (χ1v) is 17.9. The molecular weight excluding hydrogens is 748 g/mol. The largest absolute Gasteiger partial charge is 0.464 e. The zero-order chi connectivity index (χ0) is 37.4. The number of aromatic nitrogens is 2. The van der Waals surface area contributed by atoms with Gasteiger partial charge in [0, 0.05) is 50.7 Å². The van der Waals surface area contributed by atoms with Gasteiger partial charge in [0.25, 0.3) is 0 Å². The van der Waals surface area contributed by atoms with Crippen LogP contribution in [0.5, 0.6) is 0 Å². The molecule has 0 fully saturated rings. The molecule has 0 bridgehead atoms. The molecular formula is C38H37Cl4N5O5. The molecule has 4 aromatic carbocycles. The number of nitrogens with two attached hydrogens (primary N) is 1. The van der Waals surface area contributed by atoms with Gasteiger partial charge < -0.3 is 30.0 Å². The van der Waals surface area contributed by atoms with E-state index in [0.717, 1.165) is 33.5 Å². The van der Waals surface area contributed by atoms with Crippen molar-refractivity contribution in [2.75, 3.05) is 31.2 Å². The first kappa shape index (κ1) is 38.9. The van der Waals surface area contributed by atoms with Gasteiger partial charge in [-0.25, -0.2) is 4.98 Å². The minimum Gasteiger partial charge on any atom is -0.464 e. The van der Waals surface area contributed by atoms with Crippen LogP contribution in [0.15, 0.2) is 78.9 Å². The summed E-state index contributed by atoms with van der Waals surface area (Å²) in [5.41, 5.74) is 11.6. The summed E-state index contributed by atoms with van der Waals surface area (Å²) in [4.78, 5) is 42.0. The number of amides is 1. The van der Waals surface area contributed by atoms with Gasteiger partial charge in [0.15, 0.2) is 0 Å². The Morgan fingerprint density at radius 2 is 1.38 bits per heavy atom. The van der Waals surface area contributed by atoms with Crippen LogP contribution in [0.2, 0.25) is 20.1 Å². The molecule has 0 saturated carbocycles. The van der Waals surface area contributed by atoms with E-state index >= 15 is 0 Å².